The zero-order valence-corrected chi connectivity index (χ0v) is 17.1. The summed E-state index contributed by atoms with van der Waals surface area (Å²) < 4.78 is 3.56. The van der Waals surface area contributed by atoms with E-state index in [0.29, 0.717) is 10.7 Å². The fraction of sp³-hybridized carbons (Fsp3) is 0.300. The zero-order valence-electron chi connectivity index (χ0n) is 16.4. The number of fused-ring (bicyclic) bond motifs is 1. The van der Waals surface area contributed by atoms with E-state index in [1.54, 1.807) is 15.4 Å². The first-order chi connectivity index (χ1) is 12.8. The van der Waals surface area contributed by atoms with E-state index < -0.39 is 0 Å². The SMILES string of the molecule is C=C(C)CN(C)c1ccc(N=Nc2cc(Cl)cc3c2[n+](C)nn3C)c(C)c1. The van der Waals surface area contributed by atoms with Crippen LogP contribution in [0.15, 0.2) is 52.7 Å². The van der Waals surface area contributed by atoms with Crippen LogP contribution in [0.3, 0.4) is 0 Å². The number of hydrogen-bond donors (Lipinski definition) is 0. The third-order valence-corrected chi connectivity index (χ3v) is 4.59. The van der Waals surface area contributed by atoms with Crippen LogP contribution in [0.1, 0.15) is 12.5 Å². The van der Waals surface area contributed by atoms with Gasteiger partial charge in [0, 0.05) is 30.4 Å². The van der Waals surface area contributed by atoms with Crippen molar-refractivity contribution in [2.45, 2.75) is 13.8 Å². The van der Waals surface area contributed by atoms with Gasteiger partial charge in [0.25, 0.3) is 0 Å². The van der Waals surface area contributed by atoms with Gasteiger partial charge in [-0.1, -0.05) is 23.8 Å². The second-order valence-electron chi connectivity index (χ2n) is 6.91. The molecule has 1 heterocycles. The minimum absolute atomic E-state index is 0.605. The van der Waals surface area contributed by atoms with Crippen molar-refractivity contribution in [2.75, 3.05) is 18.5 Å². The number of hydrogen-bond acceptors (Lipinski definition) is 4. The predicted molar refractivity (Wildman–Crippen MR) is 110 cm³/mol. The molecule has 140 valence electrons. The van der Waals surface area contributed by atoms with E-state index in [1.807, 2.05) is 46.1 Å². The second kappa shape index (κ2) is 7.48. The third-order valence-electron chi connectivity index (χ3n) is 4.37. The fourth-order valence-electron chi connectivity index (χ4n) is 3.11. The van der Waals surface area contributed by atoms with E-state index in [2.05, 4.69) is 40.0 Å². The van der Waals surface area contributed by atoms with E-state index >= 15 is 0 Å². The number of nitrogens with zero attached hydrogens (tertiary/aromatic N) is 6. The maximum atomic E-state index is 6.25. The molecule has 1 aromatic heterocycles. The standard InChI is InChI=1S/C20H24ClN6/c1-13(2)12-25(4)16-7-8-17(14(3)9-16)22-23-18-10-15(21)11-19-20(18)27(6)24-26(19)5/h7-11H,1,12H2,2-6H3/q+1. The molecule has 0 aliphatic rings. The average molecular weight is 384 g/mol. The lowest BCUT2D eigenvalue weighted by atomic mass is 10.1. The van der Waals surface area contributed by atoms with Gasteiger partial charge in [0.05, 0.1) is 10.9 Å². The van der Waals surface area contributed by atoms with E-state index in [4.69, 9.17) is 11.6 Å². The smallest absolute Gasteiger partial charge is 0.225 e. The lowest BCUT2D eigenvalue weighted by Gasteiger charge is -2.20. The highest BCUT2D eigenvalue weighted by Crippen LogP contribution is 2.31. The van der Waals surface area contributed by atoms with Gasteiger partial charge in [-0.2, -0.15) is 5.11 Å². The average Bonchev–Trinajstić information content (AvgIpc) is 2.87. The van der Waals surface area contributed by atoms with Crippen LogP contribution in [0.4, 0.5) is 17.1 Å². The molecule has 0 aliphatic carbocycles. The largest absolute Gasteiger partial charge is 0.371 e. The Labute approximate surface area is 164 Å². The molecule has 6 nitrogen and oxygen atoms in total. The molecule has 0 fully saturated rings. The number of aromatic nitrogens is 3. The Morgan fingerprint density at radius 2 is 1.96 bits per heavy atom. The maximum absolute atomic E-state index is 6.25. The zero-order chi connectivity index (χ0) is 19.7. The second-order valence-corrected chi connectivity index (χ2v) is 7.35. The molecule has 0 N–H and O–H groups in total. The van der Waals surface area contributed by atoms with Gasteiger partial charge < -0.3 is 4.90 Å². The van der Waals surface area contributed by atoms with Gasteiger partial charge in [0.1, 0.15) is 19.8 Å². The monoisotopic (exact) mass is 383 g/mol. The number of rotatable bonds is 5. The Kier molecular flexibility index (Phi) is 5.28. The Bertz CT molecular complexity index is 1050. The van der Waals surface area contributed by atoms with E-state index in [9.17, 15) is 0 Å². The molecule has 0 saturated heterocycles. The van der Waals surface area contributed by atoms with E-state index in [-0.39, 0.29) is 0 Å². The van der Waals surface area contributed by atoms with E-state index in [1.165, 1.54) is 0 Å². The van der Waals surface area contributed by atoms with Crippen molar-refractivity contribution >= 4 is 39.7 Å². The number of likely N-dealkylation sites (N-methyl/N-ethyl adjacent to an activating group) is 1. The fourth-order valence-corrected chi connectivity index (χ4v) is 3.32. The molecular weight excluding hydrogens is 360 g/mol. The Balaban J connectivity index is 1.95. The third kappa shape index (κ3) is 4.01. The summed E-state index contributed by atoms with van der Waals surface area (Å²) in [5.74, 6) is 0. The first-order valence-electron chi connectivity index (χ1n) is 8.66. The number of aryl methyl sites for hydroxylation is 3. The van der Waals surface area contributed by atoms with Gasteiger partial charge in [-0.3, -0.25) is 0 Å². The van der Waals surface area contributed by atoms with Crippen molar-refractivity contribution in [2.24, 2.45) is 24.3 Å². The molecule has 0 amide bonds. The summed E-state index contributed by atoms with van der Waals surface area (Å²) >= 11 is 6.25. The van der Waals surface area contributed by atoms with Crippen molar-refractivity contribution in [1.82, 2.24) is 9.90 Å². The molecule has 0 radical (unpaired) electrons. The molecule has 2 aromatic carbocycles. The van der Waals surface area contributed by atoms with Crippen molar-refractivity contribution in [3.63, 3.8) is 0 Å². The summed E-state index contributed by atoms with van der Waals surface area (Å²) in [7, 11) is 5.81. The van der Waals surface area contributed by atoms with Gasteiger partial charge in [0.2, 0.25) is 11.0 Å². The molecule has 7 heteroatoms. The first kappa shape index (κ1) is 19.0. The lowest BCUT2D eigenvalue weighted by molar-refractivity contribution is -0.708. The van der Waals surface area contributed by atoms with Gasteiger partial charge >= 0.3 is 0 Å². The first-order valence-corrected chi connectivity index (χ1v) is 9.04. The summed E-state index contributed by atoms with van der Waals surface area (Å²) in [6.45, 7) is 8.84. The molecular formula is C20H24ClN6+. The van der Waals surface area contributed by atoms with Gasteiger partial charge in [-0.05, 0) is 43.7 Å². The summed E-state index contributed by atoms with van der Waals surface area (Å²) in [5, 5.41) is 13.9. The molecule has 0 saturated carbocycles. The van der Waals surface area contributed by atoms with Gasteiger partial charge in [0.15, 0.2) is 0 Å². The molecule has 0 spiro atoms. The highest BCUT2D eigenvalue weighted by Gasteiger charge is 2.18. The Hall–Kier alpha value is -2.73. The lowest BCUT2D eigenvalue weighted by Crippen LogP contribution is -2.31. The van der Waals surface area contributed by atoms with Crippen LogP contribution in [0.5, 0.6) is 0 Å². The van der Waals surface area contributed by atoms with Crippen LogP contribution in [0.2, 0.25) is 5.02 Å². The van der Waals surface area contributed by atoms with Crippen LogP contribution >= 0.6 is 11.6 Å². The van der Waals surface area contributed by atoms with Crippen LogP contribution < -0.4 is 9.58 Å². The van der Waals surface area contributed by atoms with Crippen LogP contribution in [0, 0.1) is 6.92 Å². The Morgan fingerprint density at radius 3 is 2.63 bits per heavy atom. The van der Waals surface area contributed by atoms with Crippen molar-refractivity contribution in [3.05, 3.63) is 53.1 Å². The van der Waals surface area contributed by atoms with Crippen LogP contribution in [-0.2, 0) is 14.1 Å². The summed E-state index contributed by atoms with van der Waals surface area (Å²) in [4.78, 5) is 2.16. The molecule has 3 aromatic rings. The molecule has 0 aliphatic heterocycles. The number of halogens is 1. The highest BCUT2D eigenvalue weighted by molar-refractivity contribution is 6.31. The van der Waals surface area contributed by atoms with Gasteiger partial charge in [-0.25, -0.2) is 0 Å². The van der Waals surface area contributed by atoms with Crippen LogP contribution in [0.25, 0.3) is 11.0 Å². The number of azo groups is 1. The predicted octanol–water partition coefficient (Wildman–Crippen LogP) is 4.79. The van der Waals surface area contributed by atoms with E-state index in [0.717, 1.165) is 40.1 Å². The molecule has 3 rings (SSSR count). The van der Waals surface area contributed by atoms with Crippen molar-refractivity contribution in [3.8, 4) is 0 Å². The minimum atomic E-state index is 0.605. The topological polar surface area (TPSA) is 49.7 Å². The Morgan fingerprint density at radius 1 is 1.26 bits per heavy atom. The molecule has 27 heavy (non-hydrogen) atoms. The minimum Gasteiger partial charge on any atom is -0.371 e. The number of anilines is 1. The summed E-state index contributed by atoms with van der Waals surface area (Å²) in [6, 6.07) is 9.81. The number of benzene rings is 2. The van der Waals surface area contributed by atoms with Crippen LogP contribution in [-0.4, -0.2) is 23.5 Å². The quantitative estimate of drug-likeness (QED) is 0.361. The molecule has 0 atom stereocenters. The van der Waals surface area contributed by atoms with Crippen molar-refractivity contribution in [1.29, 1.82) is 0 Å². The summed E-state index contributed by atoms with van der Waals surface area (Å²) in [6.07, 6.45) is 0. The molecule has 0 bridgehead atoms. The van der Waals surface area contributed by atoms with Crippen molar-refractivity contribution < 1.29 is 4.68 Å². The highest BCUT2D eigenvalue weighted by atomic mass is 35.5. The maximum Gasteiger partial charge on any atom is 0.225 e. The summed E-state index contributed by atoms with van der Waals surface area (Å²) in [5.41, 5.74) is 6.61. The van der Waals surface area contributed by atoms with Gasteiger partial charge in [-0.15, -0.1) is 14.5 Å². The normalized spacial score (nSPS) is 11.5. The molecule has 0 unspecified atom stereocenters.